The van der Waals surface area contributed by atoms with E-state index in [2.05, 4.69) is 53.7 Å². The molecule has 1 aromatic carbocycles. The Labute approximate surface area is 166 Å². The maximum atomic E-state index is 11.0. The Morgan fingerprint density at radius 2 is 1.96 bits per heavy atom. The van der Waals surface area contributed by atoms with Crippen molar-refractivity contribution in [3.05, 3.63) is 34.9 Å². The predicted octanol–water partition coefficient (Wildman–Crippen LogP) is 7.32. The van der Waals surface area contributed by atoms with Gasteiger partial charge in [-0.1, -0.05) is 58.1 Å². The van der Waals surface area contributed by atoms with E-state index in [4.69, 9.17) is 4.74 Å². The van der Waals surface area contributed by atoms with Gasteiger partial charge in [0.2, 0.25) is 0 Å². The third kappa shape index (κ3) is 4.05. The molecule has 2 heteroatoms. The molecule has 0 aromatic heterocycles. The SMILES string of the molecule is CCCCCC(C)C(C)c1cc(O)c2c(c1)OC(C)(C)C1CC=C(C)CC21. The minimum Gasteiger partial charge on any atom is -0.508 e. The van der Waals surface area contributed by atoms with Crippen LogP contribution >= 0.6 is 0 Å². The normalized spacial score (nSPS) is 25.6. The molecular formula is C25H38O2. The number of benzene rings is 1. The van der Waals surface area contributed by atoms with Gasteiger partial charge < -0.3 is 9.84 Å². The number of hydrogen-bond acceptors (Lipinski definition) is 2. The first-order valence-corrected chi connectivity index (χ1v) is 11.0. The first-order chi connectivity index (χ1) is 12.7. The van der Waals surface area contributed by atoms with Crippen LogP contribution in [0, 0.1) is 11.8 Å². The average Bonchev–Trinajstić information content (AvgIpc) is 2.59. The third-order valence-corrected chi connectivity index (χ3v) is 7.17. The Balaban J connectivity index is 1.91. The molecule has 0 amide bonds. The number of phenols is 1. The molecule has 2 aliphatic rings. The summed E-state index contributed by atoms with van der Waals surface area (Å²) in [6, 6.07) is 4.24. The van der Waals surface area contributed by atoms with Crippen LogP contribution in [0.4, 0.5) is 0 Å². The standard InChI is InChI=1S/C25H38O2/c1-7-8-9-10-17(3)18(4)19-14-22(26)24-20-13-16(2)11-12-21(20)25(5,6)27-23(24)15-19/h11,14-15,17-18,20-21,26H,7-10,12-13H2,1-6H3. The Hall–Kier alpha value is -1.44. The van der Waals surface area contributed by atoms with Crippen LogP contribution in [0.1, 0.15) is 103 Å². The van der Waals surface area contributed by atoms with Crippen molar-refractivity contribution in [2.24, 2.45) is 11.8 Å². The monoisotopic (exact) mass is 370 g/mol. The largest absolute Gasteiger partial charge is 0.508 e. The number of aromatic hydroxyl groups is 1. The lowest BCUT2D eigenvalue weighted by atomic mass is 9.67. The van der Waals surface area contributed by atoms with E-state index in [0.717, 1.165) is 24.2 Å². The first kappa shape index (κ1) is 20.3. The van der Waals surface area contributed by atoms with E-state index in [9.17, 15) is 5.11 Å². The van der Waals surface area contributed by atoms with Gasteiger partial charge in [0.1, 0.15) is 17.1 Å². The average molecular weight is 371 g/mol. The van der Waals surface area contributed by atoms with Gasteiger partial charge in [-0.05, 0) is 63.1 Å². The summed E-state index contributed by atoms with van der Waals surface area (Å²) in [6.45, 7) is 13.5. The van der Waals surface area contributed by atoms with Gasteiger partial charge in [0, 0.05) is 17.4 Å². The first-order valence-electron chi connectivity index (χ1n) is 11.0. The van der Waals surface area contributed by atoms with Crippen molar-refractivity contribution in [2.45, 2.75) is 97.5 Å². The summed E-state index contributed by atoms with van der Waals surface area (Å²) in [5.41, 5.74) is 3.49. The molecule has 27 heavy (non-hydrogen) atoms. The van der Waals surface area contributed by atoms with Gasteiger partial charge in [-0.25, -0.2) is 0 Å². The highest BCUT2D eigenvalue weighted by Crippen LogP contribution is 2.54. The zero-order valence-corrected chi connectivity index (χ0v) is 18.1. The van der Waals surface area contributed by atoms with Crippen LogP contribution < -0.4 is 4.74 Å². The van der Waals surface area contributed by atoms with E-state index in [1.54, 1.807) is 0 Å². The lowest BCUT2D eigenvalue weighted by molar-refractivity contribution is 0.00747. The van der Waals surface area contributed by atoms with Crippen molar-refractivity contribution in [1.29, 1.82) is 0 Å². The predicted molar refractivity (Wildman–Crippen MR) is 114 cm³/mol. The van der Waals surface area contributed by atoms with Gasteiger partial charge in [-0.3, -0.25) is 0 Å². The smallest absolute Gasteiger partial charge is 0.127 e. The van der Waals surface area contributed by atoms with Gasteiger partial charge >= 0.3 is 0 Å². The molecule has 150 valence electrons. The Morgan fingerprint density at radius 1 is 1.22 bits per heavy atom. The van der Waals surface area contributed by atoms with Crippen LogP contribution in [0.2, 0.25) is 0 Å². The Bertz CT molecular complexity index is 701. The van der Waals surface area contributed by atoms with Gasteiger partial charge in [0.25, 0.3) is 0 Å². The van der Waals surface area contributed by atoms with Gasteiger partial charge in [-0.15, -0.1) is 0 Å². The van der Waals surface area contributed by atoms with Gasteiger partial charge in [0.15, 0.2) is 0 Å². The summed E-state index contributed by atoms with van der Waals surface area (Å²) >= 11 is 0. The lowest BCUT2D eigenvalue weighted by Gasteiger charge is -2.47. The van der Waals surface area contributed by atoms with E-state index in [1.165, 1.54) is 36.8 Å². The van der Waals surface area contributed by atoms with Crippen molar-refractivity contribution in [3.63, 3.8) is 0 Å². The fourth-order valence-corrected chi connectivity index (χ4v) is 5.14. The summed E-state index contributed by atoms with van der Waals surface area (Å²) in [6.07, 6.45) is 9.52. The maximum absolute atomic E-state index is 11.0. The fraction of sp³-hybridized carbons (Fsp3) is 0.680. The molecule has 3 rings (SSSR count). The summed E-state index contributed by atoms with van der Waals surface area (Å²) < 4.78 is 6.48. The molecule has 0 fully saturated rings. The number of rotatable bonds is 6. The number of ether oxygens (including phenoxy) is 1. The third-order valence-electron chi connectivity index (χ3n) is 7.17. The van der Waals surface area contributed by atoms with E-state index in [0.29, 0.717) is 29.4 Å². The van der Waals surface area contributed by atoms with Crippen LogP contribution in [0.3, 0.4) is 0 Å². The molecule has 0 saturated heterocycles. The zero-order valence-electron chi connectivity index (χ0n) is 18.1. The number of hydrogen-bond donors (Lipinski definition) is 1. The molecule has 0 bridgehead atoms. The Kier molecular flexibility index (Phi) is 5.93. The minimum atomic E-state index is -0.199. The van der Waals surface area contributed by atoms with Crippen molar-refractivity contribution in [2.75, 3.05) is 0 Å². The molecule has 4 atom stereocenters. The molecule has 0 radical (unpaired) electrons. The number of phenolic OH excluding ortho intramolecular Hbond substituents is 1. The van der Waals surface area contributed by atoms with Crippen LogP contribution in [0.5, 0.6) is 11.5 Å². The lowest BCUT2D eigenvalue weighted by Crippen LogP contribution is -2.45. The molecule has 0 spiro atoms. The maximum Gasteiger partial charge on any atom is 0.127 e. The van der Waals surface area contributed by atoms with Gasteiger partial charge in [-0.2, -0.15) is 0 Å². The molecule has 1 aliphatic carbocycles. The summed E-state index contributed by atoms with van der Waals surface area (Å²) in [5, 5.41) is 11.0. The molecule has 1 heterocycles. The molecule has 4 unspecified atom stereocenters. The van der Waals surface area contributed by atoms with Crippen molar-refractivity contribution < 1.29 is 9.84 Å². The topological polar surface area (TPSA) is 29.5 Å². The van der Waals surface area contributed by atoms with Gasteiger partial charge in [0.05, 0.1) is 0 Å². The second-order valence-corrected chi connectivity index (χ2v) is 9.62. The van der Waals surface area contributed by atoms with Crippen LogP contribution in [0.15, 0.2) is 23.8 Å². The molecular weight excluding hydrogens is 332 g/mol. The molecule has 1 aromatic rings. The molecule has 1 aliphatic heterocycles. The van der Waals surface area contributed by atoms with Crippen LogP contribution in [-0.4, -0.2) is 10.7 Å². The highest BCUT2D eigenvalue weighted by molar-refractivity contribution is 5.53. The minimum absolute atomic E-state index is 0.199. The second-order valence-electron chi connectivity index (χ2n) is 9.62. The van der Waals surface area contributed by atoms with E-state index >= 15 is 0 Å². The summed E-state index contributed by atoms with van der Waals surface area (Å²) in [7, 11) is 0. The van der Waals surface area contributed by atoms with Crippen molar-refractivity contribution in [3.8, 4) is 11.5 Å². The number of fused-ring (bicyclic) bond motifs is 3. The van der Waals surface area contributed by atoms with Crippen molar-refractivity contribution in [1.82, 2.24) is 0 Å². The van der Waals surface area contributed by atoms with Crippen LogP contribution in [0.25, 0.3) is 0 Å². The van der Waals surface area contributed by atoms with E-state index < -0.39 is 0 Å². The molecule has 1 N–H and O–H groups in total. The molecule has 2 nitrogen and oxygen atoms in total. The highest BCUT2D eigenvalue weighted by atomic mass is 16.5. The second kappa shape index (κ2) is 7.89. The number of unbranched alkanes of at least 4 members (excludes halogenated alkanes) is 2. The summed E-state index contributed by atoms with van der Waals surface area (Å²) in [4.78, 5) is 0. The zero-order chi connectivity index (χ0) is 19.8. The van der Waals surface area contributed by atoms with Crippen LogP contribution in [-0.2, 0) is 0 Å². The molecule has 0 saturated carbocycles. The number of allylic oxidation sites excluding steroid dienone is 2. The Morgan fingerprint density at radius 3 is 2.67 bits per heavy atom. The summed E-state index contributed by atoms with van der Waals surface area (Å²) in [5.74, 6) is 3.18. The quantitative estimate of drug-likeness (QED) is 0.420. The van der Waals surface area contributed by atoms with E-state index in [-0.39, 0.29) is 5.60 Å². The fourth-order valence-electron chi connectivity index (χ4n) is 5.14. The van der Waals surface area contributed by atoms with E-state index in [1.807, 2.05) is 6.07 Å². The van der Waals surface area contributed by atoms with Crippen molar-refractivity contribution >= 4 is 0 Å². The highest BCUT2D eigenvalue weighted by Gasteiger charge is 2.45.